The number of hydrogen-bond donors (Lipinski definition) is 2. The molecule has 1 saturated carbocycles. The van der Waals surface area contributed by atoms with E-state index in [0.29, 0.717) is 12.5 Å². The van der Waals surface area contributed by atoms with Crippen molar-refractivity contribution in [1.29, 1.82) is 0 Å². The van der Waals surface area contributed by atoms with Crippen LogP contribution in [0.3, 0.4) is 0 Å². The molecule has 6 heteroatoms. The van der Waals surface area contributed by atoms with Crippen LogP contribution in [-0.4, -0.2) is 37.5 Å². The lowest BCUT2D eigenvalue weighted by Crippen LogP contribution is -2.52. The Morgan fingerprint density at radius 3 is 2.65 bits per heavy atom. The summed E-state index contributed by atoms with van der Waals surface area (Å²) in [6.45, 7) is 2.78. The highest BCUT2D eigenvalue weighted by molar-refractivity contribution is 5.30. The second-order valence-electron chi connectivity index (χ2n) is 6.61. The van der Waals surface area contributed by atoms with Crippen LogP contribution in [0.25, 0.3) is 5.69 Å². The molecule has 23 heavy (non-hydrogen) atoms. The molecule has 1 aromatic heterocycles. The number of nitrogens with one attached hydrogen (secondary N) is 1. The van der Waals surface area contributed by atoms with Gasteiger partial charge in [-0.05, 0) is 48.2 Å². The number of benzene rings is 1. The molecule has 0 spiro atoms. The zero-order chi connectivity index (χ0) is 16.1. The Morgan fingerprint density at radius 1 is 1.22 bits per heavy atom. The monoisotopic (exact) mass is 315 g/mol. The number of rotatable bonds is 6. The predicted molar refractivity (Wildman–Crippen MR) is 88.1 cm³/mol. The van der Waals surface area contributed by atoms with Gasteiger partial charge in [0.05, 0.1) is 18.8 Å². The number of aromatic nitrogens is 4. The molecular weight excluding hydrogens is 290 g/mol. The molecule has 2 N–H and O–H groups in total. The maximum absolute atomic E-state index is 9.93. The number of aliphatic hydroxyl groups is 1. The molecule has 1 aliphatic carbocycles. The minimum atomic E-state index is -0.284. The zero-order valence-corrected chi connectivity index (χ0v) is 13.6. The van der Waals surface area contributed by atoms with Gasteiger partial charge in [-0.15, -0.1) is 5.10 Å². The number of aliphatic hydroxyl groups excluding tert-OH is 1. The van der Waals surface area contributed by atoms with Crippen LogP contribution in [0.5, 0.6) is 0 Å². The Balaban J connectivity index is 1.71. The Hall–Kier alpha value is -1.79. The molecule has 124 valence electrons. The van der Waals surface area contributed by atoms with E-state index in [2.05, 4.69) is 27.8 Å². The van der Waals surface area contributed by atoms with E-state index in [-0.39, 0.29) is 12.1 Å². The van der Waals surface area contributed by atoms with Crippen molar-refractivity contribution in [2.45, 2.75) is 51.1 Å². The van der Waals surface area contributed by atoms with Gasteiger partial charge in [0.1, 0.15) is 0 Å². The van der Waals surface area contributed by atoms with Crippen LogP contribution in [-0.2, 0) is 6.54 Å². The van der Waals surface area contributed by atoms with Gasteiger partial charge in [0.2, 0.25) is 0 Å². The number of tetrazole rings is 1. The smallest absolute Gasteiger partial charge is 0.170 e. The lowest BCUT2D eigenvalue weighted by atomic mass is 9.76. The van der Waals surface area contributed by atoms with Crippen LogP contribution in [0.2, 0.25) is 0 Å². The lowest BCUT2D eigenvalue weighted by Gasteiger charge is -2.39. The highest BCUT2D eigenvalue weighted by Crippen LogP contribution is 2.32. The van der Waals surface area contributed by atoms with E-state index in [1.165, 1.54) is 32.1 Å². The first-order valence-corrected chi connectivity index (χ1v) is 8.41. The molecule has 6 nitrogen and oxygen atoms in total. The summed E-state index contributed by atoms with van der Waals surface area (Å²) in [6, 6.07) is 9.86. The van der Waals surface area contributed by atoms with Gasteiger partial charge in [0, 0.05) is 5.54 Å². The first-order chi connectivity index (χ1) is 11.2. The molecule has 0 aliphatic heterocycles. The highest BCUT2D eigenvalue weighted by Gasteiger charge is 2.34. The van der Waals surface area contributed by atoms with Gasteiger partial charge in [-0.25, -0.2) is 0 Å². The van der Waals surface area contributed by atoms with Gasteiger partial charge in [-0.2, -0.15) is 4.68 Å². The first-order valence-electron chi connectivity index (χ1n) is 8.41. The molecular formula is C17H25N5O. The average molecular weight is 315 g/mol. The highest BCUT2D eigenvalue weighted by atomic mass is 16.3. The van der Waals surface area contributed by atoms with Crippen LogP contribution < -0.4 is 5.32 Å². The van der Waals surface area contributed by atoms with Gasteiger partial charge in [-0.1, -0.05) is 37.5 Å². The van der Waals surface area contributed by atoms with E-state index in [0.717, 1.165) is 11.5 Å². The summed E-state index contributed by atoms with van der Waals surface area (Å²) < 4.78 is 1.74. The van der Waals surface area contributed by atoms with E-state index in [9.17, 15) is 5.11 Å². The maximum Gasteiger partial charge on any atom is 0.170 e. The molecule has 1 fully saturated rings. The molecule has 1 unspecified atom stereocenters. The van der Waals surface area contributed by atoms with Crippen molar-refractivity contribution in [2.24, 2.45) is 5.92 Å². The van der Waals surface area contributed by atoms with E-state index in [1.807, 2.05) is 30.3 Å². The first kappa shape index (κ1) is 16.1. The minimum absolute atomic E-state index is 0.130. The Morgan fingerprint density at radius 2 is 1.96 bits per heavy atom. The van der Waals surface area contributed by atoms with Crippen molar-refractivity contribution >= 4 is 0 Å². The van der Waals surface area contributed by atoms with Crippen molar-refractivity contribution < 1.29 is 5.11 Å². The summed E-state index contributed by atoms with van der Waals surface area (Å²) in [6.07, 6.45) is 6.17. The van der Waals surface area contributed by atoms with Gasteiger partial charge < -0.3 is 10.4 Å². The summed E-state index contributed by atoms with van der Waals surface area (Å²) in [4.78, 5) is 0. The summed E-state index contributed by atoms with van der Waals surface area (Å²) in [5.41, 5.74) is 0.658. The van der Waals surface area contributed by atoms with Gasteiger partial charge >= 0.3 is 0 Å². The Kier molecular flexibility index (Phi) is 5.03. The van der Waals surface area contributed by atoms with E-state index in [4.69, 9.17) is 0 Å². The van der Waals surface area contributed by atoms with Gasteiger partial charge in [0.25, 0.3) is 0 Å². The van der Waals surface area contributed by atoms with Crippen LogP contribution in [0, 0.1) is 5.92 Å². The molecule has 1 heterocycles. The third-order valence-electron chi connectivity index (χ3n) is 5.02. The Bertz CT molecular complexity index is 608. The zero-order valence-electron chi connectivity index (χ0n) is 13.6. The average Bonchev–Trinajstić information content (AvgIpc) is 3.10. The molecule has 1 aromatic carbocycles. The normalized spacial score (nSPS) is 18.7. The standard InChI is InChI=1S/C17H25N5O/c1-17(13-23,14-8-4-2-5-9-14)18-12-16-19-20-21-22(16)15-10-6-3-7-11-15/h3,6-7,10-11,14,18,23H,2,4-5,8-9,12-13H2,1H3. The summed E-state index contributed by atoms with van der Waals surface area (Å²) >= 11 is 0. The largest absolute Gasteiger partial charge is 0.394 e. The van der Waals surface area contributed by atoms with E-state index >= 15 is 0 Å². The lowest BCUT2D eigenvalue weighted by molar-refractivity contribution is 0.0929. The molecule has 0 radical (unpaired) electrons. The van der Waals surface area contributed by atoms with Crippen molar-refractivity contribution in [3.63, 3.8) is 0 Å². The summed E-state index contributed by atoms with van der Waals surface area (Å²) in [5, 5.41) is 25.5. The number of nitrogens with zero attached hydrogens (tertiary/aromatic N) is 4. The fourth-order valence-corrected chi connectivity index (χ4v) is 3.44. The second-order valence-corrected chi connectivity index (χ2v) is 6.61. The summed E-state index contributed by atoms with van der Waals surface area (Å²) in [5.74, 6) is 1.26. The van der Waals surface area contributed by atoms with Gasteiger partial charge in [0.15, 0.2) is 5.82 Å². The van der Waals surface area contributed by atoms with Crippen LogP contribution >= 0.6 is 0 Å². The topological polar surface area (TPSA) is 75.9 Å². The fourth-order valence-electron chi connectivity index (χ4n) is 3.44. The van der Waals surface area contributed by atoms with Crippen molar-refractivity contribution in [1.82, 2.24) is 25.5 Å². The van der Waals surface area contributed by atoms with Crippen LogP contribution in [0.15, 0.2) is 30.3 Å². The molecule has 3 rings (SSSR count). The van der Waals surface area contributed by atoms with E-state index < -0.39 is 0 Å². The Labute approximate surface area is 136 Å². The van der Waals surface area contributed by atoms with Crippen molar-refractivity contribution in [2.75, 3.05) is 6.61 Å². The minimum Gasteiger partial charge on any atom is -0.394 e. The van der Waals surface area contributed by atoms with Gasteiger partial charge in [-0.3, -0.25) is 0 Å². The molecule has 1 aliphatic rings. The molecule has 0 amide bonds. The number of hydrogen-bond acceptors (Lipinski definition) is 5. The predicted octanol–water partition coefficient (Wildman–Crippen LogP) is 2.08. The summed E-state index contributed by atoms with van der Waals surface area (Å²) in [7, 11) is 0. The molecule has 0 bridgehead atoms. The molecule has 2 aromatic rings. The SMILES string of the molecule is CC(CO)(NCc1nnnn1-c1ccccc1)C1CCCCC1. The molecule has 1 atom stereocenters. The molecule has 0 saturated heterocycles. The van der Waals surface area contributed by atoms with Crippen LogP contribution in [0.4, 0.5) is 0 Å². The third kappa shape index (κ3) is 3.59. The third-order valence-corrected chi connectivity index (χ3v) is 5.02. The van der Waals surface area contributed by atoms with Crippen LogP contribution in [0.1, 0.15) is 44.9 Å². The van der Waals surface area contributed by atoms with E-state index in [1.54, 1.807) is 4.68 Å². The second kappa shape index (κ2) is 7.19. The van der Waals surface area contributed by atoms with Crippen molar-refractivity contribution in [3.8, 4) is 5.69 Å². The number of para-hydroxylation sites is 1. The maximum atomic E-state index is 9.93. The quantitative estimate of drug-likeness (QED) is 0.853. The van der Waals surface area contributed by atoms with Crippen molar-refractivity contribution in [3.05, 3.63) is 36.2 Å². The fraction of sp³-hybridized carbons (Fsp3) is 0.588.